The van der Waals surface area contributed by atoms with E-state index >= 15 is 0 Å². The van der Waals surface area contributed by atoms with Crippen LogP contribution in [0.25, 0.3) is 0 Å². The highest BCUT2D eigenvalue weighted by Crippen LogP contribution is 1.97. The lowest BCUT2D eigenvalue weighted by Crippen LogP contribution is -2.36. The van der Waals surface area contributed by atoms with Crippen LogP contribution in [0.5, 0.6) is 0 Å². The fourth-order valence-electron chi connectivity index (χ4n) is 1.26. The Labute approximate surface area is 92.2 Å². The van der Waals surface area contributed by atoms with Crippen LogP contribution in [0.4, 0.5) is 0 Å². The summed E-state index contributed by atoms with van der Waals surface area (Å²) in [5.41, 5.74) is 0. The zero-order valence-electron chi connectivity index (χ0n) is 10.0. The molecular formula is C11H23NO3. The van der Waals surface area contributed by atoms with E-state index in [0.717, 1.165) is 6.54 Å². The van der Waals surface area contributed by atoms with Crippen LogP contribution >= 0.6 is 0 Å². The molecule has 0 radical (unpaired) electrons. The molecule has 4 heteroatoms. The molecule has 0 atom stereocenters. The summed E-state index contributed by atoms with van der Waals surface area (Å²) in [5.74, 6) is 0.158. The predicted molar refractivity (Wildman–Crippen MR) is 59.9 cm³/mol. The highest BCUT2D eigenvalue weighted by molar-refractivity contribution is 5.75. The Morgan fingerprint density at radius 1 is 1.33 bits per heavy atom. The molecule has 0 aromatic carbocycles. The van der Waals surface area contributed by atoms with Gasteiger partial charge in [0, 0.05) is 25.6 Å². The summed E-state index contributed by atoms with van der Waals surface area (Å²) in [6.07, 6.45) is 0.488. The molecule has 0 saturated heterocycles. The molecule has 15 heavy (non-hydrogen) atoms. The quantitative estimate of drug-likeness (QED) is 0.577. The molecule has 1 N–H and O–H groups in total. The topological polar surface area (TPSA) is 49.8 Å². The Bertz CT molecular complexity index is 171. The van der Waals surface area contributed by atoms with Crippen LogP contribution in [-0.2, 0) is 9.53 Å². The van der Waals surface area contributed by atoms with Gasteiger partial charge in [-0.1, -0.05) is 0 Å². The molecule has 0 unspecified atom stereocenters. The zero-order valence-corrected chi connectivity index (χ0v) is 10.0. The molecule has 0 aliphatic rings. The molecular weight excluding hydrogens is 194 g/mol. The zero-order chi connectivity index (χ0) is 11.7. The molecule has 0 fully saturated rings. The maximum absolute atomic E-state index is 10.6. The van der Waals surface area contributed by atoms with Crippen molar-refractivity contribution in [3.63, 3.8) is 0 Å². The minimum atomic E-state index is 0.158. The number of Topliss-reactive ketones (excluding diaryl/α,β-unsaturated/α-hetero) is 1. The van der Waals surface area contributed by atoms with Crippen molar-refractivity contribution < 1.29 is 14.6 Å². The smallest absolute Gasteiger partial charge is 0.132 e. The van der Waals surface area contributed by atoms with Crippen molar-refractivity contribution in [2.24, 2.45) is 0 Å². The Kier molecular flexibility index (Phi) is 8.56. The maximum Gasteiger partial charge on any atom is 0.132 e. The Morgan fingerprint density at radius 2 is 2.00 bits per heavy atom. The average Bonchev–Trinajstić information content (AvgIpc) is 2.15. The van der Waals surface area contributed by atoms with Crippen molar-refractivity contribution in [3.8, 4) is 0 Å². The van der Waals surface area contributed by atoms with Gasteiger partial charge >= 0.3 is 0 Å². The highest BCUT2D eigenvalue weighted by atomic mass is 16.5. The van der Waals surface area contributed by atoms with E-state index in [-0.39, 0.29) is 12.4 Å². The van der Waals surface area contributed by atoms with Gasteiger partial charge in [0.25, 0.3) is 0 Å². The number of aliphatic hydroxyl groups is 1. The molecule has 90 valence electrons. The van der Waals surface area contributed by atoms with Gasteiger partial charge in [-0.3, -0.25) is 9.69 Å². The van der Waals surface area contributed by atoms with E-state index in [9.17, 15) is 4.79 Å². The second-order valence-corrected chi connectivity index (χ2v) is 3.92. The third-order valence-corrected chi connectivity index (χ3v) is 2.24. The molecule has 0 bridgehead atoms. The first-order valence-electron chi connectivity index (χ1n) is 5.50. The van der Waals surface area contributed by atoms with Crippen LogP contribution in [-0.4, -0.2) is 54.7 Å². The first-order valence-corrected chi connectivity index (χ1v) is 5.50. The molecule has 0 aliphatic carbocycles. The standard InChI is InChI=1S/C11H23NO3/c1-10(2)12(5-7-13)6-9-15-8-4-11(3)14/h10,13H,4-9H2,1-3H3. The summed E-state index contributed by atoms with van der Waals surface area (Å²) in [5, 5.41) is 8.83. The summed E-state index contributed by atoms with van der Waals surface area (Å²) in [6.45, 7) is 8.51. The number of carbonyl (C=O) groups is 1. The molecule has 4 nitrogen and oxygen atoms in total. The summed E-state index contributed by atoms with van der Waals surface area (Å²) < 4.78 is 5.33. The monoisotopic (exact) mass is 217 g/mol. The summed E-state index contributed by atoms with van der Waals surface area (Å²) in [6, 6.07) is 0.411. The number of aliphatic hydroxyl groups excluding tert-OH is 1. The number of carbonyl (C=O) groups excluding carboxylic acids is 1. The van der Waals surface area contributed by atoms with Gasteiger partial charge in [-0.05, 0) is 20.8 Å². The van der Waals surface area contributed by atoms with Crippen LogP contribution in [0.3, 0.4) is 0 Å². The first kappa shape index (κ1) is 14.6. The van der Waals surface area contributed by atoms with Gasteiger partial charge in [-0.25, -0.2) is 0 Å². The summed E-state index contributed by atoms with van der Waals surface area (Å²) in [7, 11) is 0. The van der Waals surface area contributed by atoms with Gasteiger partial charge in [0.2, 0.25) is 0 Å². The molecule has 0 aromatic heterocycles. The molecule has 0 aromatic rings. The lowest BCUT2D eigenvalue weighted by molar-refractivity contribution is -0.118. The van der Waals surface area contributed by atoms with Crippen LogP contribution in [0.2, 0.25) is 0 Å². The number of rotatable bonds is 9. The number of ether oxygens (including phenoxy) is 1. The van der Waals surface area contributed by atoms with Crippen molar-refractivity contribution in [1.29, 1.82) is 0 Å². The van der Waals surface area contributed by atoms with E-state index in [1.807, 2.05) is 0 Å². The average molecular weight is 217 g/mol. The second-order valence-electron chi connectivity index (χ2n) is 3.92. The lowest BCUT2D eigenvalue weighted by Gasteiger charge is -2.25. The van der Waals surface area contributed by atoms with Crippen molar-refractivity contribution in [2.75, 3.05) is 32.9 Å². The Hall–Kier alpha value is -0.450. The second kappa shape index (κ2) is 8.83. The van der Waals surface area contributed by atoms with Gasteiger partial charge in [0.1, 0.15) is 5.78 Å². The predicted octanol–water partition coefficient (Wildman–Crippen LogP) is 0.685. The van der Waals surface area contributed by atoms with Gasteiger partial charge in [-0.15, -0.1) is 0 Å². The summed E-state index contributed by atoms with van der Waals surface area (Å²) >= 11 is 0. The van der Waals surface area contributed by atoms with E-state index in [4.69, 9.17) is 9.84 Å². The SMILES string of the molecule is CC(=O)CCOCCN(CCO)C(C)C. The minimum absolute atomic E-state index is 0.158. The highest BCUT2D eigenvalue weighted by Gasteiger charge is 2.07. The Balaban J connectivity index is 3.49. The van der Waals surface area contributed by atoms with Gasteiger partial charge in [0.05, 0.1) is 19.8 Å². The van der Waals surface area contributed by atoms with Crippen molar-refractivity contribution in [3.05, 3.63) is 0 Å². The van der Waals surface area contributed by atoms with Gasteiger partial charge < -0.3 is 9.84 Å². The fraction of sp³-hybridized carbons (Fsp3) is 0.909. The normalized spacial score (nSPS) is 11.3. The van der Waals surface area contributed by atoms with E-state index in [1.54, 1.807) is 6.92 Å². The van der Waals surface area contributed by atoms with Crippen LogP contribution in [0, 0.1) is 0 Å². The number of nitrogens with zero attached hydrogens (tertiary/aromatic N) is 1. The van der Waals surface area contributed by atoms with E-state index < -0.39 is 0 Å². The van der Waals surface area contributed by atoms with Crippen molar-refractivity contribution in [2.45, 2.75) is 33.2 Å². The van der Waals surface area contributed by atoms with Gasteiger partial charge in [0.15, 0.2) is 0 Å². The summed E-state index contributed by atoms with van der Waals surface area (Å²) in [4.78, 5) is 12.8. The van der Waals surface area contributed by atoms with Crippen molar-refractivity contribution >= 4 is 5.78 Å². The molecule has 0 spiro atoms. The van der Waals surface area contributed by atoms with Crippen LogP contribution < -0.4 is 0 Å². The molecule has 0 amide bonds. The largest absolute Gasteiger partial charge is 0.395 e. The molecule has 0 aliphatic heterocycles. The third kappa shape index (κ3) is 8.54. The van der Waals surface area contributed by atoms with E-state index in [1.165, 1.54) is 0 Å². The Morgan fingerprint density at radius 3 is 2.47 bits per heavy atom. The molecule has 0 rings (SSSR count). The van der Waals surface area contributed by atoms with Crippen LogP contribution in [0.15, 0.2) is 0 Å². The minimum Gasteiger partial charge on any atom is -0.395 e. The number of ketones is 1. The van der Waals surface area contributed by atoms with E-state index in [0.29, 0.717) is 32.2 Å². The lowest BCUT2D eigenvalue weighted by atomic mass is 10.3. The van der Waals surface area contributed by atoms with Crippen molar-refractivity contribution in [1.82, 2.24) is 4.90 Å². The molecule has 0 heterocycles. The van der Waals surface area contributed by atoms with Crippen LogP contribution in [0.1, 0.15) is 27.2 Å². The maximum atomic E-state index is 10.6. The third-order valence-electron chi connectivity index (χ3n) is 2.24. The van der Waals surface area contributed by atoms with E-state index in [2.05, 4.69) is 18.7 Å². The number of hydrogen-bond donors (Lipinski definition) is 1. The number of hydrogen-bond acceptors (Lipinski definition) is 4. The fourth-order valence-corrected chi connectivity index (χ4v) is 1.26. The first-order chi connectivity index (χ1) is 7.07. The van der Waals surface area contributed by atoms with Gasteiger partial charge in [-0.2, -0.15) is 0 Å². The molecule has 0 saturated carbocycles.